The fourth-order valence-electron chi connectivity index (χ4n) is 3.48. The van der Waals surface area contributed by atoms with Gasteiger partial charge in [-0.05, 0) is 17.7 Å². The Bertz CT molecular complexity index is 901. The van der Waals surface area contributed by atoms with Crippen LogP contribution >= 0.6 is 0 Å². The van der Waals surface area contributed by atoms with Crippen molar-refractivity contribution >= 4 is 11.5 Å². The number of aromatic nitrogens is 3. The Labute approximate surface area is 145 Å². The minimum atomic E-state index is 0.323. The van der Waals surface area contributed by atoms with Gasteiger partial charge in [0.25, 0.3) is 0 Å². The van der Waals surface area contributed by atoms with Crippen LogP contribution in [0.4, 0.5) is 5.82 Å². The number of ether oxygens (including phenoxy) is 2. The summed E-state index contributed by atoms with van der Waals surface area (Å²) in [4.78, 5) is 13.8. The van der Waals surface area contributed by atoms with Crippen LogP contribution in [0.15, 0.2) is 43.0 Å². The van der Waals surface area contributed by atoms with E-state index in [2.05, 4.69) is 31.9 Å². The molecule has 0 N–H and O–H groups in total. The summed E-state index contributed by atoms with van der Waals surface area (Å²) in [5.74, 6) is 2.66. The van der Waals surface area contributed by atoms with Crippen LogP contribution in [0.5, 0.6) is 11.5 Å². The third kappa shape index (κ3) is 2.66. The SMILES string of the molecule is c1cn2ccnc2c(N2CCN(Cc3ccc4c(c3)OCO4)CC2)n1. The van der Waals surface area contributed by atoms with Gasteiger partial charge in [0.2, 0.25) is 6.79 Å². The van der Waals surface area contributed by atoms with Gasteiger partial charge in [0.05, 0.1) is 0 Å². The van der Waals surface area contributed by atoms with E-state index in [4.69, 9.17) is 9.47 Å². The highest BCUT2D eigenvalue weighted by molar-refractivity contribution is 5.64. The molecule has 0 spiro atoms. The van der Waals surface area contributed by atoms with Gasteiger partial charge < -0.3 is 18.8 Å². The van der Waals surface area contributed by atoms with E-state index >= 15 is 0 Å². The summed E-state index contributed by atoms with van der Waals surface area (Å²) in [7, 11) is 0. The number of hydrogen-bond donors (Lipinski definition) is 0. The molecule has 0 unspecified atom stereocenters. The molecule has 1 aromatic carbocycles. The zero-order valence-corrected chi connectivity index (χ0v) is 13.8. The molecular weight excluding hydrogens is 318 g/mol. The van der Waals surface area contributed by atoms with Gasteiger partial charge in [-0.25, -0.2) is 9.97 Å². The quantitative estimate of drug-likeness (QED) is 0.726. The van der Waals surface area contributed by atoms with Gasteiger partial charge in [-0.3, -0.25) is 4.90 Å². The molecule has 5 rings (SSSR count). The first kappa shape index (κ1) is 14.5. The molecule has 1 saturated heterocycles. The van der Waals surface area contributed by atoms with Gasteiger partial charge in [-0.15, -0.1) is 0 Å². The predicted octanol–water partition coefficient (Wildman–Crippen LogP) is 1.78. The molecule has 7 nitrogen and oxygen atoms in total. The standard InChI is InChI=1S/C18H19N5O2/c1-2-15-16(25-13-24-15)11-14(1)12-21-7-9-23(10-8-21)18-17-19-3-5-22(17)6-4-20-18/h1-6,11H,7-10,12-13H2. The third-order valence-electron chi connectivity index (χ3n) is 4.81. The van der Waals surface area contributed by atoms with E-state index in [1.807, 2.05) is 35.3 Å². The van der Waals surface area contributed by atoms with E-state index in [0.717, 1.165) is 55.7 Å². The molecule has 4 heterocycles. The molecule has 3 aromatic rings. The fourth-order valence-corrected chi connectivity index (χ4v) is 3.48. The third-order valence-corrected chi connectivity index (χ3v) is 4.81. The van der Waals surface area contributed by atoms with Crippen molar-refractivity contribution < 1.29 is 9.47 Å². The van der Waals surface area contributed by atoms with E-state index in [1.54, 1.807) is 0 Å². The van der Waals surface area contributed by atoms with Crippen LogP contribution < -0.4 is 14.4 Å². The van der Waals surface area contributed by atoms with Crippen LogP contribution in [0, 0.1) is 0 Å². The first-order valence-corrected chi connectivity index (χ1v) is 8.50. The van der Waals surface area contributed by atoms with E-state index in [1.165, 1.54) is 5.56 Å². The topological polar surface area (TPSA) is 55.1 Å². The largest absolute Gasteiger partial charge is 0.454 e. The number of anilines is 1. The second-order valence-corrected chi connectivity index (χ2v) is 6.36. The normalized spacial score (nSPS) is 17.4. The average molecular weight is 337 g/mol. The molecule has 2 aromatic heterocycles. The van der Waals surface area contributed by atoms with Crippen molar-refractivity contribution in [2.24, 2.45) is 0 Å². The Morgan fingerprint density at radius 1 is 0.920 bits per heavy atom. The Hall–Kier alpha value is -2.80. The number of rotatable bonds is 3. The maximum absolute atomic E-state index is 5.47. The smallest absolute Gasteiger partial charge is 0.231 e. The van der Waals surface area contributed by atoms with E-state index in [-0.39, 0.29) is 0 Å². The molecule has 2 aliphatic rings. The van der Waals surface area contributed by atoms with Gasteiger partial charge in [-0.1, -0.05) is 6.07 Å². The molecule has 0 atom stereocenters. The van der Waals surface area contributed by atoms with Crippen molar-refractivity contribution in [1.82, 2.24) is 19.3 Å². The van der Waals surface area contributed by atoms with Crippen molar-refractivity contribution in [2.45, 2.75) is 6.54 Å². The molecule has 25 heavy (non-hydrogen) atoms. The number of imidazole rings is 1. The molecule has 2 aliphatic heterocycles. The maximum Gasteiger partial charge on any atom is 0.231 e. The summed E-state index contributed by atoms with van der Waals surface area (Å²) < 4.78 is 12.9. The Morgan fingerprint density at radius 3 is 2.60 bits per heavy atom. The lowest BCUT2D eigenvalue weighted by atomic mass is 10.1. The highest BCUT2D eigenvalue weighted by Gasteiger charge is 2.21. The Balaban J connectivity index is 1.26. The molecule has 128 valence electrons. The minimum Gasteiger partial charge on any atom is -0.454 e. The maximum atomic E-state index is 5.47. The van der Waals surface area contributed by atoms with Crippen molar-refractivity contribution in [2.75, 3.05) is 37.9 Å². The summed E-state index contributed by atoms with van der Waals surface area (Å²) in [5.41, 5.74) is 2.18. The second-order valence-electron chi connectivity index (χ2n) is 6.36. The lowest BCUT2D eigenvalue weighted by Crippen LogP contribution is -2.46. The zero-order valence-electron chi connectivity index (χ0n) is 13.8. The van der Waals surface area contributed by atoms with E-state index in [0.29, 0.717) is 6.79 Å². The summed E-state index contributed by atoms with van der Waals surface area (Å²) in [6.07, 6.45) is 7.54. The molecule has 0 amide bonds. The Morgan fingerprint density at radius 2 is 1.72 bits per heavy atom. The van der Waals surface area contributed by atoms with Gasteiger partial charge in [0.15, 0.2) is 23.0 Å². The van der Waals surface area contributed by atoms with Gasteiger partial charge in [0, 0.05) is 57.5 Å². The lowest BCUT2D eigenvalue weighted by Gasteiger charge is -2.35. The second kappa shape index (κ2) is 5.93. The van der Waals surface area contributed by atoms with Crippen LogP contribution in [-0.2, 0) is 6.54 Å². The minimum absolute atomic E-state index is 0.323. The molecular formula is C18H19N5O2. The molecule has 7 heteroatoms. The van der Waals surface area contributed by atoms with E-state index in [9.17, 15) is 0 Å². The number of nitrogens with zero attached hydrogens (tertiary/aromatic N) is 5. The summed E-state index contributed by atoms with van der Waals surface area (Å²) in [5, 5.41) is 0. The van der Waals surface area contributed by atoms with Crippen molar-refractivity contribution in [3.63, 3.8) is 0 Å². The molecule has 0 aliphatic carbocycles. The summed E-state index contributed by atoms with van der Waals surface area (Å²) in [6.45, 7) is 5.14. The Kier molecular flexibility index (Phi) is 3.45. The van der Waals surface area contributed by atoms with Gasteiger partial charge in [0.1, 0.15) is 0 Å². The summed E-state index contributed by atoms with van der Waals surface area (Å²) in [6, 6.07) is 6.20. The number of hydrogen-bond acceptors (Lipinski definition) is 6. The number of fused-ring (bicyclic) bond motifs is 2. The highest BCUT2D eigenvalue weighted by atomic mass is 16.7. The highest BCUT2D eigenvalue weighted by Crippen LogP contribution is 2.33. The van der Waals surface area contributed by atoms with Gasteiger partial charge >= 0.3 is 0 Å². The predicted molar refractivity (Wildman–Crippen MR) is 93.0 cm³/mol. The number of piperazine rings is 1. The van der Waals surface area contributed by atoms with Crippen molar-refractivity contribution in [3.05, 3.63) is 48.5 Å². The van der Waals surface area contributed by atoms with Crippen LogP contribution in [0.3, 0.4) is 0 Å². The first-order valence-electron chi connectivity index (χ1n) is 8.50. The molecule has 0 saturated carbocycles. The van der Waals surface area contributed by atoms with Crippen LogP contribution in [0.25, 0.3) is 5.65 Å². The summed E-state index contributed by atoms with van der Waals surface area (Å²) >= 11 is 0. The number of benzene rings is 1. The van der Waals surface area contributed by atoms with Crippen molar-refractivity contribution in [1.29, 1.82) is 0 Å². The fraction of sp³-hybridized carbons (Fsp3) is 0.333. The lowest BCUT2D eigenvalue weighted by molar-refractivity contribution is 0.174. The van der Waals surface area contributed by atoms with Crippen LogP contribution in [0.2, 0.25) is 0 Å². The monoisotopic (exact) mass is 337 g/mol. The molecule has 1 fully saturated rings. The van der Waals surface area contributed by atoms with E-state index < -0.39 is 0 Å². The molecule has 0 bridgehead atoms. The average Bonchev–Trinajstić information content (AvgIpc) is 3.31. The van der Waals surface area contributed by atoms with Crippen LogP contribution in [0.1, 0.15) is 5.56 Å². The van der Waals surface area contributed by atoms with Gasteiger partial charge in [-0.2, -0.15) is 0 Å². The molecule has 0 radical (unpaired) electrons. The van der Waals surface area contributed by atoms with Crippen LogP contribution in [-0.4, -0.2) is 52.2 Å². The first-order chi connectivity index (χ1) is 12.4. The zero-order chi connectivity index (χ0) is 16.6. The van der Waals surface area contributed by atoms with Crippen molar-refractivity contribution in [3.8, 4) is 11.5 Å².